The third kappa shape index (κ3) is 2.38. The fraction of sp³-hybridized carbons (Fsp3) is 0.400. The van der Waals surface area contributed by atoms with Crippen LogP contribution in [0.1, 0.15) is 10.4 Å². The first-order chi connectivity index (χ1) is 7.58. The van der Waals surface area contributed by atoms with Crippen molar-refractivity contribution in [3.05, 3.63) is 30.1 Å². The highest BCUT2D eigenvalue weighted by Gasteiger charge is 2.25. The Bertz CT molecular complexity index is 470. The van der Waals surface area contributed by atoms with Gasteiger partial charge >= 0.3 is 0 Å². The molecule has 0 unspecified atom stereocenters. The quantitative estimate of drug-likeness (QED) is 0.690. The zero-order valence-corrected chi connectivity index (χ0v) is 9.48. The molecular formula is C10H12N2O3S. The second-order valence-corrected chi connectivity index (χ2v) is 5.98. The molecule has 0 spiro atoms. The van der Waals surface area contributed by atoms with Gasteiger partial charge in [0.2, 0.25) is 0 Å². The highest BCUT2D eigenvalue weighted by molar-refractivity contribution is 7.91. The lowest BCUT2D eigenvalue weighted by atomic mass is 10.2. The average Bonchev–Trinajstić information content (AvgIpc) is 2.29. The van der Waals surface area contributed by atoms with Crippen molar-refractivity contribution in [2.45, 2.75) is 0 Å². The number of sulfone groups is 1. The highest BCUT2D eigenvalue weighted by atomic mass is 32.2. The minimum absolute atomic E-state index is 0.0593. The maximum absolute atomic E-state index is 11.9. The third-order valence-electron chi connectivity index (χ3n) is 2.56. The summed E-state index contributed by atoms with van der Waals surface area (Å²) in [6.07, 6.45) is 3.10. The van der Waals surface area contributed by atoms with Crippen LogP contribution in [0.15, 0.2) is 24.5 Å². The van der Waals surface area contributed by atoms with Crippen molar-refractivity contribution in [3.8, 4) is 0 Å². The van der Waals surface area contributed by atoms with Crippen molar-refractivity contribution in [1.82, 2.24) is 9.88 Å². The van der Waals surface area contributed by atoms with Gasteiger partial charge in [0.05, 0.1) is 11.5 Å². The molecule has 1 saturated heterocycles. The molecule has 1 aliphatic rings. The normalized spacial score (nSPS) is 19.4. The molecule has 0 N–H and O–H groups in total. The number of pyridine rings is 1. The summed E-state index contributed by atoms with van der Waals surface area (Å²) in [5.74, 6) is -0.00880. The van der Waals surface area contributed by atoms with Gasteiger partial charge in [-0.3, -0.25) is 9.78 Å². The van der Waals surface area contributed by atoms with Gasteiger partial charge in [0, 0.05) is 31.0 Å². The molecule has 86 valence electrons. The number of hydrogen-bond acceptors (Lipinski definition) is 4. The van der Waals surface area contributed by atoms with Gasteiger partial charge in [0.25, 0.3) is 5.91 Å². The van der Waals surface area contributed by atoms with Crippen molar-refractivity contribution in [2.75, 3.05) is 24.6 Å². The molecule has 0 atom stereocenters. The second kappa shape index (κ2) is 4.21. The van der Waals surface area contributed by atoms with E-state index in [0.29, 0.717) is 5.56 Å². The molecule has 6 heteroatoms. The molecule has 1 aromatic rings. The summed E-state index contributed by atoms with van der Waals surface area (Å²) >= 11 is 0. The maximum atomic E-state index is 11.9. The van der Waals surface area contributed by atoms with Crippen LogP contribution < -0.4 is 0 Å². The molecule has 2 heterocycles. The maximum Gasteiger partial charge on any atom is 0.254 e. The first-order valence-corrected chi connectivity index (χ1v) is 6.80. The molecule has 0 aliphatic carbocycles. The van der Waals surface area contributed by atoms with Gasteiger partial charge in [-0.1, -0.05) is 0 Å². The van der Waals surface area contributed by atoms with E-state index in [4.69, 9.17) is 0 Å². The lowest BCUT2D eigenvalue weighted by Crippen LogP contribution is -2.43. The van der Waals surface area contributed by atoms with Gasteiger partial charge in [-0.15, -0.1) is 0 Å². The molecule has 1 aromatic heterocycles. The van der Waals surface area contributed by atoms with Crippen molar-refractivity contribution < 1.29 is 13.2 Å². The lowest BCUT2D eigenvalue weighted by molar-refractivity contribution is 0.0770. The Morgan fingerprint density at radius 3 is 2.31 bits per heavy atom. The Labute approximate surface area is 94.0 Å². The van der Waals surface area contributed by atoms with Crippen molar-refractivity contribution in [3.63, 3.8) is 0 Å². The zero-order valence-electron chi connectivity index (χ0n) is 8.67. The molecule has 1 amide bonds. The molecule has 2 rings (SSSR count). The van der Waals surface area contributed by atoms with E-state index >= 15 is 0 Å². The molecule has 0 aromatic carbocycles. The van der Waals surface area contributed by atoms with Crippen molar-refractivity contribution >= 4 is 15.7 Å². The monoisotopic (exact) mass is 240 g/mol. The lowest BCUT2D eigenvalue weighted by Gasteiger charge is -2.26. The van der Waals surface area contributed by atoms with Gasteiger partial charge in [-0.05, 0) is 12.1 Å². The minimum atomic E-state index is -2.94. The molecule has 16 heavy (non-hydrogen) atoms. The van der Waals surface area contributed by atoms with E-state index < -0.39 is 9.84 Å². The van der Waals surface area contributed by atoms with Crippen LogP contribution in [-0.4, -0.2) is 48.8 Å². The first kappa shape index (κ1) is 11.1. The molecule has 0 saturated carbocycles. The van der Waals surface area contributed by atoms with Crippen LogP contribution in [-0.2, 0) is 9.84 Å². The molecule has 1 aliphatic heterocycles. The topological polar surface area (TPSA) is 67.3 Å². The van der Waals surface area contributed by atoms with E-state index in [9.17, 15) is 13.2 Å². The van der Waals surface area contributed by atoms with Crippen molar-refractivity contribution in [1.29, 1.82) is 0 Å². The average molecular weight is 240 g/mol. The Balaban J connectivity index is 2.08. The Morgan fingerprint density at radius 2 is 1.75 bits per heavy atom. The number of rotatable bonds is 1. The standard InChI is InChI=1S/C10H12N2O3S/c13-10(9-1-3-11-4-2-9)12-5-7-16(14,15)8-6-12/h1-4H,5-8H2. The van der Waals surface area contributed by atoms with E-state index in [1.165, 1.54) is 0 Å². The van der Waals surface area contributed by atoms with Crippen LogP contribution in [0.25, 0.3) is 0 Å². The van der Waals surface area contributed by atoms with Gasteiger partial charge in [0.15, 0.2) is 9.84 Å². The summed E-state index contributed by atoms with van der Waals surface area (Å²) in [5, 5.41) is 0. The summed E-state index contributed by atoms with van der Waals surface area (Å²) in [6.45, 7) is 0.562. The Morgan fingerprint density at radius 1 is 1.19 bits per heavy atom. The zero-order chi connectivity index (χ0) is 11.6. The molecular weight excluding hydrogens is 228 g/mol. The van der Waals surface area contributed by atoms with Gasteiger partial charge in [0.1, 0.15) is 0 Å². The van der Waals surface area contributed by atoms with E-state index in [1.807, 2.05) is 0 Å². The predicted molar refractivity (Wildman–Crippen MR) is 58.8 cm³/mol. The van der Waals surface area contributed by atoms with E-state index in [2.05, 4.69) is 4.98 Å². The predicted octanol–water partition coefficient (Wildman–Crippen LogP) is -0.0478. The van der Waals surface area contributed by atoms with Crippen LogP contribution in [0.2, 0.25) is 0 Å². The smallest absolute Gasteiger partial charge is 0.254 e. The summed E-state index contributed by atoms with van der Waals surface area (Å²) < 4.78 is 22.4. The van der Waals surface area contributed by atoms with Gasteiger partial charge < -0.3 is 4.90 Å². The largest absolute Gasteiger partial charge is 0.337 e. The SMILES string of the molecule is O=C(c1ccncc1)N1CCS(=O)(=O)CC1. The summed E-state index contributed by atoms with van der Waals surface area (Å²) in [7, 11) is -2.94. The number of amides is 1. The number of aromatic nitrogens is 1. The highest BCUT2D eigenvalue weighted by Crippen LogP contribution is 2.08. The number of carbonyl (C=O) groups is 1. The first-order valence-electron chi connectivity index (χ1n) is 4.98. The van der Waals surface area contributed by atoms with E-state index in [1.54, 1.807) is 29.4 Å². The van der Waals surface area contributed by atoms with E-state index in [-0.39, 0.29) is 30.5 Å². The van der Waals surface area contributed by atoms with Crippen LogP contribution in [0.3, 0.4) is 0 Å². The molecule has 0 bridgehead atoms. The summed E-state index contributed by atoms with van der Waals surface area (Å²) in [5.41, 5.74) is 0.550. The minimum Gasteiger partial charge on any atom is -0.337 e. The van der Waals surface area contributed by atoms with Crippen molar-refractivity contribution in [2.24, 2.45) is 0 Å². The van der Waals surface area contributed by atoms with Crippen LogP contribution in [0.4, 0.5) is 0 Å². The van der Waals surface area contributed by atoms with Crippen LogP contribution in [0.5, 0.6) is 0 Å². The number of nitrogens with zero attached hydrogens (tertiary/aromatic N) is 2. The number of hydrogen-bond donors (Lipinski definition) is 0. The van der Waals surface area contributed by atoms with Gasteiger partial charge in [-0.2, -0.15) is 0 Å². The molecule has 0 radical (unpaired) electrons. The third-order valence-corrected chi connectivity index (χ3v) is 4.17. The van der Waals surface area contributed by atoms with Crippen LogP contribution >= 0.6 is 0 Å². The second-order valence-electron chi connectivity index (χ2n) is 3.68. The Hall–Kier alpha value is -1.43. The fourth-order valence-electron chi connectivity index (χ4n) is 1.59. The summed E-state index contributed by atoms with van der Waals surface area (Å²) in [4.78, 5) is 17.3. The number of carbonyl (C=O) groups excluding carboxylic acids is 1. The van der Waals surface area contributed by atoms with Crippen LogP contribution in [0, 0.1) is 0 Å². The van der Waals surface area contributed by atoms with E-state index in [0.717, 1.165) is 0 Å². The summed E-state index contributed by atoms with van der Waals surface area (Å²) in [6, 6.07) is 3.26. The molecule has 5 nitrogen and oxygen atoms in total. The molecule has 1 fully saturated rings. The fourth-order valence-corrected chi connectivity index (χ4v) is 2.79. The Kier molecular flexibility index (Phi) is 2.91. The van der Waals surface area contributed by atoms with Gasteiger partial charge in [-0.25, -0.2) is 8.42 Å².